The average molecular weight is 273 g/mol. The summed E-state index contributed by atoms with van der Waals surface area (Å²) >= 11 is 0. The van der Waals surface area contributed by atoms with Gasteiger partial charge in [-0.05, 0) is 12.3 Å². The number of carbonyl (C=O) groups excluding carboxylic acids is 1. The van der Waals surface area contributed by atoms with Crippen molar-refractivity contribution in [1.29, 1.82) is 0 Å². The molecule has 0 radical (unpaired) electrons. The van der Waals surface area contributed by atoms with Crippen molar-refractivity contribution < 1.29 is 9.53 Å². The van der Waals surface area contributed by atoms with E-state index < -0.39 is 0 Å². The lowest BCUT2D eigenvalue weighted by molar-refractivity contribution is 0.0635. The number of carbonyl (C=O) groups is 1. The van der Waals surface area contributed by atoms with E-state index in [2.05, 4.69) is 4.98 Å². The van der Waals surface area contributed by atoms with E-state index in [1.165, 1.54) is 6.20 Å². The molecule has 0 aliphatic carbocycles. The number of nitrogen functional groups attached to an aromatic ring is 1. The van der Waals surface area contributed by atoms with E-state index in [4.69, 9.17) is 10.5 Å². The standard InChI is InChI=1S/C15H19N3O2/c1-10(9-20-3)18(2)15(19)13-8-17-14(16)12-7-5-4-6-11(12)13/h4-8,10H,9H2,1-3H3,(H2,16,17). The number of benzene rings is 1. The van der Waals surface area contributed by atoms with E-state index >= 15 is 0 Å². The smallest absolute Gasteiger partial charge is 0.256 e. The number of nitrogens with two attached hydrogens (primary N) is 1. The third kappa shape index (κ3) is 2.58. The molecule has 1 amide bonds. The van der Waals surface area contributed by atoms with Gasteiger partial charge in [0.2, 0.25) is 0 Å². The highest BCUT2D eigenvalue weighted by Gasteiger charge is 2.20. The number of hydrogen-bond acceptors (Lipinski definition) is 4. The summed E-state index contributed by atoms with van der Waals surface area (Å²) in [6.07, 6.45) is 1.54. The normalized spacial score (nSPS) is 12.3. The molecule has 1 aromatic carbocycles. The first kappa shape index (κ1) is 14.3. The molecule has 2 rings (SSSR count). The van der Waals surface area contributed by atoms with Crippen molar-refractivity contribution in [3.8, 4) is 0 Å². The Labute approximate surface area is 118 Å². The van der Waals surface area contributed by atoms with E-state index in [1.54, 1.807) is 19.1 Å². The number of fused-ring (bicyclic) bond motifs is 1. The summed E-state index contributed by atoms with van der Waals surface area (Å²) < 4.78 is 5.09. The van der Waals surface area contributed by atoms with Crippen LogP contribution in [-0.4, -0.2) is 42.6 Å². The van der Waals surface area contributed by atoms with Gasteiger partial charge < -0.3 is 15.4 Å². The monoisotopic (exact) mass is 273 g/mol. The van der Waals surface area contributed by atoms with Gasteiger partial charge in [-0.3, -0.25) is 4.79 Å². The van der Waals surface area contributed by atoms with E-state index in [0.717, 1.165) is 10.8 Å². The van der Waals surface area contributed by atoms with Crippen LogP contribution in [0.5, 0.6) is 0 Å². The number of rotatable bonds is 4. The number of amides is 1. The molecule has 1 aromatic heterocycles. The average Bonchev–Trinajstić information content (AvgIpc) is 2.47. The second kappa shape index (κ2) is 5.88. The van der Waals surface area contributed by atoms with Gasteiger partial charge in [0, 0.05) is 25.7 Å². The summed E-state index contributed by atoms with van der Waals surface area (Å²) in [5, 5.41) is 1.62. The largest absolute Gasteiger partial charge is 0.383 e. The van der Waals surface area contributed by atoms with Crippen LogP contribution in [0.2, 0.25) is 0 Å². The maximum atomic E-state index is 12.6. The van der Waals surface area contributed by atoms with Crippen LogP contribution in [0.25, 0.3) is 10.8 Å². The number of aromatic nitrogens is 1. The Morgan fingerprint density at radius 3 is 2.70 bits per heavy atom. The fourth-order valence-electron chi connectivity index (χ4n) is 2.13. The Morgan fingerprint density at radius 1 is 1.40 bits per heavy atom. The minimum absolute atomic E-state index is 0.0104. The number of hydrogen-bond donors (Lipinski definition) is 1. The van der Waals surface area contributed by atoms with E-state index in [1.807, 2.05) is 31.2 Å². The Balaban J connectivity index is 2.43. The molecule has 106 valence electrons. The number of methoxy groups -OCH3 is 1. The Hall–Kier alpha value is -2.14. The Kier molecular flexibility index (Phi) is 4.20. The zero-order valence-corrected chi connectivity index (χ0v) is 12.0. The van der Waals surface area contributed by atoms with Gasteiger partial charge in [0.15, 0.2) is 0 Å². The highest BCUT2D eigenvalue weighted by Crippen LogP contribution is 2.23. The van der Waals surface area contributed by atoms with Gasteiger partial charge in [-0.1, -0.05) is 24.3 Å². The van der Waals surface area contributed by atoms with Crippen LogP contribution in [0, 0.1) is 0 Å². The van der Waals surface area contributed by atoms with Gasteiger partial charge in [-0.15, -0.1) is 0 Å². The molecular weight excluding hydrogens is 254 g/mol. The molecule has 0 fully saturated rings. The lowest BCUT2D eigenvalue weighted by Crippen LogP contribution is -2.38. The molecule has 2 N–H and O–H groups in total. The lowest BCUT2D eigenvalue weighted by Gasteiger charge is -2.24. The van der Waals surface area contributed by atoms with Gasteiger partial charge in [-0.25, -0.2) is 4.98 Å². The second-order valence-electron chi connectivity index (χ2n) is 4.82. The van der Waals surface area contributed by atoms with Crippen molar-refractivity contribution in [1.82, 2.24) is 9.88 Å². The molecule has 0 aliphatic rings. The molecule has 5 heteroatoms. The third-order valence-corrected chi connectivity index (χ3v) is 3.45. The zero-order valence-electron chi connectivity index (χ0n) is 12.0. The van der Waals surface area contributed by atoms with Gasteiger partial charge in [0.1, 0.15) is 5.82 Å². The number of ether oxygens (including phenoxy) is 1. The summed E-state index contributed by atoms with van der Waals surface area (Å²) in [6, 6.07) is 7.51. The van der Waals surface area contributed by atoms with Crippen LogP contribution in [0.4, 0.5) is 5.82 Å². The van der Waals surface area contributed by atoms with Gasteiger partial charge in [0.25, 0.3) is 5.91 Å². The van der Waals surface area contributed by atoms with Crippen LogP contribution >= 0.6 is 0 Å². The number of nitrogens with zero attached hydrogens (tertiary/aromatic N) is 2. The van der Waals surface area contributed by atoms with Crippen molar-refractivity contribution >= 4 is 22.5 Å². The highest BCUT2D eigenvalue weighted by molar-refractivity contribution is 6.08. The second-order valence-corrected chi connectivity index (χ2v) is 4.82. The lowest BCUT2D eigenvalue weighted by atomic mass is 10.1. The van der Waals surface area contributed by atoms with Crippen molar-refractivity contribution in [2.24, 2.45) is 0 Å². The maximum Gasteiger partial charge on any atom is 0.256 e. The zero-order chi connectivity index (χ0) is 14.7. The molecular formula is C15H19N3O2. The summed E-state index contributed by atoms with van der Waals surface area (Å²) in [5.74, 6) is 0.350. The fourth-order valence-corrected chi connectivity index (χ4v) is 2.13. The van der Waals surface area contributed by atoms with Crippen molar-refractivity contribution in [2.75, 3.05) is 26.5 Å². The molecule has 20 heavy (non-hydrogen) atoms. The van der Waals surface area contributed by atoms with Crippen LogP contribution in [0.15, 0.2) is 30.5 Å². The van der Waals surface area contributed by atoms with Gasteiger partial charge in [0.05, 0.1) is 18.2 Å². The fraction of sp³-hybridized carbons (Fsp3) is 0.333. The van der Waals surface area contributed by atoms with Gasteiger partial charge in [-0.2, -0.15) is 0 Å². The van der Waals surface area contributed by atoms with Crippen LogP contribution in [0.1, 0.15) is 17.3 Å². The molecule has 0 saturated heterocycles. The van der Waals surface area contributed by atoms with Crippen LogP contribution < -0.4 is 5.73 Å². The quantitative estimate of drug-likeness (QED) is 0.924. The molecule has 5 nitrogen and oxygen atoms in total. The Morgan fingerprint density at radius 2 is 2.05 bits per heavy atom. The summed E-state index contributed by atoms with van der Waals surface area (Å²) in [6.45, 7) is 2.43. The molecule has 0 aliphatic heterocycles. The van der Waals surface area contributed by atoms with E-state index in [0.29, 0.717) is 18.0 Å². The first-order valence-electron chi connectivity index (χ1n) is 6.45. The number of anilines is 1. The minimum atomic E-state index is -0.0850. The SMILES string of the molecule is COCC(C)N(C)C(=O)c1cnc(N)c2ccccc12. The topological polar surface area (TPSA) is 68.5 Å². The molecule has 1 atom stereocenters. The number of likely N-dealkylation sites (N-methyl/N-ethyl adjacent to an activating group) is 1. The minimum Gasteiger partial charge on any atom is -0.383 e. The van der Waals surface area contributed by atoms with Crippen molar-refractivity contribution in [2.45, 2.75) is 13.0 Å². The number of pyridine rings is 1. The molecule has 0 bridgehead atoms. The maximum absolute atomic E-state index is 12.6. The Bertz CT molecular complexity index is 628. The van der Waals surface area contributed by atoms with Crippen LogP contribution in [0.3, 0.4) is 0 Å². The van der Waals surface area contributed by atoms with Crippen molar-refractivity contribution in [3.63, 3.8) is 0 Å². The van der Waals surface area contributed by atoms with E-state index in [-0.39, 0.29) is 11.9 Å². The predicted molar refractivity (Wildman–Crippen MR) is 79.6 cm³/mol. The molecule has 1 heterocycles. The van der Waals surface area contributed by atoms with Crippen molar-refractivity contribution in [3.05, 3.63) is 36.0 Å². The van der Waals surface area contributed by atoms with Gasteiger partial charge >= 0.3 is 0 Å². The molecule has 0 saturated carbocycles. The summed E-state index contributed by atoms with van der Waals surface area (Å²) in [7, 11) is 3.38. The molecule has 2 aromatic rings. The van der Waals surface area contributed by atoms with E-state index in [9.17, 15) is 4.79 Å². The highest BCUT2D eigenvalue weighted by atomic mass is 16.5. The third-order valence-electron chi connectivity index (χ3n) is 3.45. The predicted octanol–water partition coefficient (Wildman–Crippen LogP) is 1.92. The first-order valence-corrected chi connectivity index (χ1v) is 6.45. The molecule has 0 spiro atoms. The molecule has 1 unspecified atom stereocenters. The first-order chi connectivity index (χ1) is 9.56. The summed E-state index contributed by atoms with van der Waals surface area (Å²) in [5.41, 5.74) is 6.41. The van der Waals surface area contributed by atoms with Crippen LogP contribution in [-0.2, 0) is 4.74 Å². The summed E-state index contributed by atoms with van der Waals surface area (Å²) in [4.78, 5) is 18.3.